The van der Waals surface area contributed by atoms with Crippen LogP contribution >= 0.6 is 0 Å². The summed E-state index contributed by atoms with van der Waals surface area (Å²) in [7, 11) is 0. The van der Waals surface area contributed by atoms with Gasteiger partial charge in [-0.25, -0.2) is 0 Å². The lowest BCUT2D eigenvalue weighted by Gasteiger charge is -2.37. The Kier molecular flexibility index (Phi) is 6.81. The van der Waals surface area contributed by atoms with Crippen molar-refractivity contribution >= 4 is 5.91 Å². The first-order valence-electron chi connectivity index (χ1n) is 12.2. The summed E-state index contributed by atoms with van der Waals surface area (Å²) in [6.45, 7) is 4.85. The van der Waals surface area contributed by atoms with Crippen LogP contribution in [0.4, 0.5) is 0 Å². The van der Waals surface area contributed by atoms with Gasteiger partial charge in [0.05, 0.1) is 0 Å². The Morgan fingerprint density at radius 3 is 2.55 bits per heavy atom. The maximum atomic E-state index is 11.8. The fourth-order valence-corrected chi connectivity index (χ4v) is 5.15. The molecule has 1 aliphatic carbocycles. The van der Waals surface area contributed by atoms with Crippen molar-refractivity contribution in [1.29, 1.82) is 0 Å². The molecule has 1 aromatic carbocycles. The van der Waals surface area contributed by atoms with E-state index in [0.717, 1.165) is 70.0 Å². The number of hydrogen-bond acceptors (Lipinski definition) is 5. The van der Waals surface area contributed by atoms with E-state index in [0.29, 0.717) is 12.3 Å². The molecule has 174 valence electrons. The topological polar surface area (TPSA) is 54.0 Å². The normalized spacial score (nSPS) is 24.2. The molecule has 1 amide bonds. The lowest BCUT2D eigenvalue weighted by molar-refractivity contribution is -0.119. The summed E-state index contributed by atoms with van der Waals surface area (Å²) in [5.74, 6) is 2.15. The highest BCUT2D eigenvalue weighted by Crippen LogP contribution is 2.30. The third-order valence-corrected chi connectivity index (χ3v) is 7.09. The average Bonchev–Trinajstić information content (AvgIpc) is 3.32. The number of nitrogens with one attached hydrogen (secondary N) is 1. The summed E-state index contributed by atoms with van der Waals surface area (Å²) < 4.78 is 11.8. The second-order valence-electron chi connectivity index (χ2n) is 9.18. The van der Waals surface area contributed by atoms with Crippen molar-refractivity contribution in [3.05, 3.63) is 83.9 Å². The maximum Gasteiger partial charge on any atom is 0.231 e. The van der Waals surface area contributed by atoms with Gasteiger partial charge in [0.25, 0.3) is 0 Å². The van der Waals surface area contributed by atoms with Crippen molar-refractivity contribution in [2.45, 2.75) is 44.1 Å². The Balaban J connectivity index is 1.11. The Bertz CT molecular complexity index is 958. The average molecular weight is 448 g/mol. The number of piperazine rings is 1. The highest BCUT2D eigenvalue weighted by molar-refractivity contribution is 5.78. The number of allylic oxidation sites excluding steroid dienone is 4. The van der Waals surface area contributed by atoms with Crippen molar-refractivity contribution < 1.29 is 14.3 Å². The molecule has 2 fully saturated rings. The van der Waals surface area contributed by atoms with Gasteiger partial charge < -0.3 is 19.7 Å². The molecule has 2 unspecified atom stereocenters. The molecule has 6 heteroatoms. The molecule has 0 radical (unpaired) electrons. The van der Waals surface area contributed by atoms with E-state index in [2.05, 4.69) is 63.7 Å². The zero-order valence-electron chi connectivity index (χ0n) is 19.1. The molecule has 4 aliphatic rings. The highest BCUT2D eigenvalue weighted by atomic mass is 16.6. The number of hydrogen-bond donors (Lipinski definition) is 1. The van der Waals surface area contributed by atoms with Crippen LogP contribution in [0.25, 0.3) is 0 Å². The van der Waals surface area contributed by atoms with Crippen LogP contribution in [0.1, 0.15) is 43.6 Å². The van der Waals surface area contributed by atoms with Gasteiger partial charge in [-0.05, 0) is 43.4 Å². The minimum atomic E-state index is 0.186. The van der Waals surface area contributed by atoms with E-state index >= 15 is 0 Å². The Hall–Kier alpha value is -2.99. The summed E-state index contributed by atoms with van der Waals surface area (Å²) in [6.07, 6.45) is 14.5. The van der Waals surface area contributed by atoms with Gasteiger partial charge in [-0.3, -0.25) is 9.69 Å². The van der Waals surface area contributed by atoms with Crippen LogP contribution < -0.4 is 5.32 Å². The molecule has 0 saturated carbocycles. The van der Waals surface area contributed by atoms with Crippen LogP contribution in [0, 0.1) is 0 Å². The summed E-state index contributed by atoms with van der Waals surface area (Å²) >= 11 is 0. The van der Waals surface area contributed by atoms with E-state index < -0.39 is 0 Å². The van der Waals surface area contributed by atoms with Crippen LogP contribution in [0.15, 0.2) is 78.3 Å². The monoisotopic (exact) mass is 447 g/mol. The smallest absolute Gasteiger partial charge is 0.231 e. The number of carbonyl (C=O) groups is 1. The van der Waals surface area contributed by atoms with Crippen LogP contribution in [-0.4, -0.2) is 54.5 Å². The Labute approximate surface area is 196 Å². The van der Waals surface area contributed by atoms with Crippen LogP contribution in [0.3, 0.4) is 0 Å². The third-order valence-electron chi connectivity index (χ3n) is 7.09. The van der Waals surface area contributed by atoms with Crippen LogP contribution in [0.2, 0.25) is 0 Å². The predicted octanol–water partition coefficient (Wildman–Crippen LogP) is 4.02. The maximum absolute atomic E-state index is 11.8. The predicted molar refractivity (Wildman–Crippen MR) is 128 cm³/mol. The van der Waals surface area contributed by atoms with Crippen molar-refractivity contribution in [2.75, 3.05) is 32.7 Å². The first-order valence-corrected chi connectivity index (χ1v) is 12.2. The van der Waals surface area contributed by atoms with E-state index in [4.69, 9.17) is 9.47 Å². The second kappa shape index (κ2) is 10.3. The van der Waals surface area contributed by atoms with Crippen molar-refractivity contribution in [3.8, 4) is 0 Å². The number of ether oxygens (including phenoxy) is 2. The third kappa shape index (κ3) is 5.33. The molecule has 0 spiro atoms. The van der Waals surface area contributed by atoms with Crippen molar-refractivity contribution in [1.82, 2.24) is 15.1 Å². The Morgan fingerprint density at radius 1 is 1.03 bits per heavy atom. The zero-order valence-corrected chi connectivity index (χ0v) is 19.1. The molecule has 3 heterocycles. The van der Waals surface area contributed by atoms with Gasteiger partial charge in [0, 0.05) is 44.6 Å². The fourth-order valence-electron chi connectivity index (χ4n) is 5.15. The zero-order chi connectivity index (χ0) is 22.5. The number of rotatable bonds is 7. The number of nitrogens with zero attached hydrogens (tertiary/aromatic N) is 2. The van der Waals surface area contributed by atoms with Gasteiger partial charge in [0.1, 0.15) is 6.26 Å². The van der Waals surface area contributed by atoms with Gasteiger partial charge >= 0.3 is 0 Å². The molecule has 1 aromatic rings. The summed E-state index contributed by atoms with van der Waals surface area (Å²) in [5.41, 5.74) is 2.51. The molecule has 6 nitrogen and oxygen atoms in total. The van der Waals surface area contributed by atoms with E-state index in [1.807, 2.05) is 0 Å². The number of amides is 1. The van der Waals surface area contributed by atoms with Crippen molar-refractivity contribution in [3.63, 3.8) is 0 Å². The standard InChI is InChI=1S/C27H33N3O3/c31-26-12-11-24(28-26)23(21-7-3-1-4-8-21)13-14-29-15-17-30(18-16-29)27-20-32-25(19-33-27)22-9-5-2-6-10-22/h1-5,7-9,19-20,23-24H,6,10-18H2,(H,28,31). The number of benzene rings is 1. The van der Waals surface area contributed by atoms with E-state index in [1.54, 1.807) is 12.5 Å². The van der Waals surface area contributed by atoms with E-state index in [1.165, 1.54) is 11.1 Å². The lowest BCUT2D eigenvalue weighted by Crippen LogP contribution is -2.47. The molecule has 2 saturated heterocycles. The molecular formula is C27H33N3O3. The largest absolute Gasteiger partial charge is 0.456 e. The van der Waals surface area contributed by atoms with Crippen LogP contribution in [0.5, 0.6) is 0 Å². The first-order chi connectivity index (χ1) is 16.3. The minimum absolute atomic E-state index is 0.186. The fraction of sp³-hybridized carbons (Fsp3) is 0.444. The molecule has 0 aromatic heterocycles. The number of carbonyl (C=O) groups excluding carboxylic acids is 1. The minimum Gasteiger partial charge on any atom is -0.456 e. The molecule has 0 bridgehead atoms. The molecule has 2 atom stereocenters. The second-order valence-corrected chi connectivity index (χ2v) is 9.18. The first kappa shape index (κ1) is 21.8. The van der Waals surface area contributed by atoms with Gasteiger partial charge in [0.2, 0.25) is 11.8 Å². The molecule has 5 rings (SSSR count). The summed E-state index contributed by atoms with van der Waals surface area (Å²) in [6, 6.07) is 10.9. The lowest BCUT2D eigenvalue weighted by atomic mass is 9.87. The molecule has 33 heavy (non-hydrogen) atoms. The summed E-state index contributed by atoms with van der Waals surface area (Å²) in [5, 5.41) is 3.20. The van der Waals surface area contributed by atoms with Gasteiger partial charge in [-0.15, -0.1) is 0 Å². The van der Waals surface area contributed by atoms with Gasteiger partial charge in [0.15, 0.2) is 12.0 Å². The SMILES string of the molecule is O=C1CCC(C(CCN2CCN(C3=COC(C4=CC=CCC4)=CO3)CC2)c2ccccc2)N1. The van der Waals surface area contributed by atoms with E-state index in [9.17, 15) is 4.79 Å². The molecule has 1 N–H and O–H groups in total. The van der Waals surface area contributed by atoms with Gasteiger partial charge in [-0.2, -0.15) is 0 Å². The molecular weight excluding hydrogens is 414 g/mol. The quantitative estimate of drug-likeness (QED) is 0.684. The van der Waals surface area contributed by atoms with Crippen molar-refractivity contribution in [2.24, 2.45) is 0 Å². The van der Waals surface area contributed by atoms with Crippen LogP contribution in [-0.2, 0) is 14.3 Å². The molecule has 3 aliphatic heterocycles. The Morgan fingerprint density at radius 2 is 1.88 bits per heavy atom. The van der Waals surface area contributed by atoms with E-state index in [-0.39, 0.29) is 11.9 Å². The van der Waals surface area contributed by atoms with Gasteiger partial charge in [-0.1, -0.05) is 48.6 Å². The highest BCUT2D eigenvalue weighted by Gasteiger charge is 2.30. The summed E-state index contributed by atoms with van der Waals surface area (Å²) in [4.78, 5) is 16.6.